The zero-order valence-electron chi connectivity index (χ0n) is 15.9. The van der Waals surface area contributed by atoms with Gasteiger partial charge in [-0.2, -0.15) is 0 Å². The molecule has 0 unspecified atom stereocenters. The zero-order valence-corrected chi connectivity index (χ0v) is 19.9. The fourth-order valence-corrected chi connectivity index (χ4v) is 3.61. The fourth-order valence-electron chi connectivity index (χ4n) is 2.25. The van der Waals surface area contributed by atoms with E-state index < -0.39 is 0 Å². The second kappa shape index (κ2) is 7.01. The minimum Gasteiger partial charge on any atom is -0.443 e. The average Bonchev–Trinajstić information content (AvgIpc) is 3.21. The van der Waals surface area contributed by atoms with Crippen LogP contribution in [0.5, 0.6) is 0 Å². The minimum absolute atomic E-state index is 0.139. The van der Waals surface area contributed by atoms with Crippen molar-refractivity contribution in [2.24, 2.45) is 0 Å². The van der Waals surface area contributed by atoms with Crippen LogP contribution in [-0.4, -0.2) is 15.0 Å². The number of aromatic nitrogens is 3. The standard InChI is InChI=1S/C19H20Br2ClN3O2/c1-18(2,3)9-7-26-16(23-9)14-11(20)13(22)12(21)15(25-14)17-24-10(8-27-17)19(4,5)6/h7-8H,1-6H3. The Morgan fingerprint density at radius 1 is 0.741 bits per heavy atom. The molecule has 3 rings (SSSR count). The van der Waals surface area contributed by atoms with Gasteiger partial charge in [-0.3, -0.25) is 0 Å². The highest BCUT2D eigenvalue weighted by Crippen LogP contribution is 2.42. The molecule has 0 aliphatic heterocycles. The van der Waals surface area contributed by atoms with Crippen LogP contribution in [0.2, 0.25) is 5.02 Å². The first-order valence-corrected chi connectivity index (χ1v) is 10.3. The maximum atomic E-state index is 6.51. The summed E-state index contributed by atoms with van der Waals surface area (Å²) >= 11 is 13.5. The third-order valence-corrected chi connectivity index (χ3v) is 6.35. The van der Waals surface area contributed by atoms with Crippen LogP contribution in [0.4, 0.5) is 0 Å². The number of hydrogen-bond acceptors (Lipinski definition) is 5. The molecule has 0 N–H and O–H groups in total. The second-order valence-electron chi connectivity index (χ2n) is 8.33. The highest BCUT2D eigenvalue weighted by molar-refractivity contribution is 9.11. The molecule has 0 radical (unpaired) electrons. The molecule has 5 nitrogen and oxygen atoms in total. The number of rotatable bonds is 2. The first-order chi connectivity index (χ1) is 12.4. The van der Waals surface area contributed by atoms with E-state index in [0.29, 0.717) is 37.1 Å². The highest BCUT2D eigenvalue weighted by Gasteiger charge is 2.26. The molecule has 0 saturated carbocycles. The molecule has 0 fully saturated rings. The van der Waals surface area contributed by atoms with Crippen molar-refractivity contribution in [3.63, 3.8) is 0 Å². The maximum Gasteiger partial charge on any atom is 0.246 e. The quantitative estimate of drug-likeness (QED) is 0.361. The van der Waals surface area contributed by atoms with Crippen molar-refractivity contribution in [1.29, 1.82) is 0 Å². The lowest BCUT2D eigenvalue weighted by molar-refractivity contribution is 0.541. The van der Waals surface area contributed by atoms with Crippen LogP contribution in [0.15, 0.2) is 30.3 Å². The van der Waals surface area contributed by atoms with Crippen molar-refractivity contribution < 1.29 is 8.83 Å². The van der Waals surface area contributed by atoms with Gasteiger partial charge in [-0.25, -0.2) is 15.0 Å². The zero-order chi connectivity index (χ0) is 20.1. The van der Waals surface area contributed by atoms with E-state index in [0.717, 1.165) is 11.4 Å². The Hall–Kier alpha value is -1.18. The number of hydrogen-bond donors (Lipinski definition) is 0. The summed E-state index contributed by atoms with van der Waals surface area (Å²) < 4.78 is 12.5. The molecular formula is C19H20Br2ClN3O2. The molecule has 0 aliphatic rings. The van der Waals surface area contributed by atoms with E-state index in [1.54, 1.807) is 12.5 Å². The van der Waals surface area contributed by atoms with Gasteiger partial charge in [0, 0.05) is 10.8 Å². The SMILES string of the molecule is CC(C)(C)c1coc(-c2nc(-c3nc(C(C)(C)C)co3)c(Br)c(Cl)c2Br)n1. The Balaban J connectivity index is 2.15. The molecule has 0 aromatic carbocycles. The van der Waals surface area contributed by atoms with E-state index in [1.807, 2.05) is 0 Å². The molecule has 0 bridgehead atoms. The van der Waals surface area contributed by atoms with Crippen LogP contribution in [0.3, 0.4) is 0 Å². The third kappa shape index (κ3) is 4.00. The topological polar surface area (TPSA) is 65.0 Å². The predicted molar refractivity (Wildman–Crippen MR) is 113 cm³/mol. The van der Waals surface area contributed by atoms with Gasteiger partial charge in [0.05, 0.1) is 25.4 Å². The number of pyridine rings is 1. The molecule has 0 atom stereocenters. The predicted octanol–water partition coefficient (Wildman–Crippen LogP) is 7.17. The van der Waals surface area contributed by atoms with Gasteiger partial charge in [0.2, 0.25) is 11.8 Å². The van der Waals surface area contributed by atoms with Gasteiger partial charge in [-0.15, -0.1) is 0 Å². The summed E-state index contributed by atoms with van der Waals surface area (Å²) in [4.78, 5) is 13.8. The van der Waals surface area contributed by atoms with Crippen LogP contribution in [-0.2, 0) is 10.8 Å². The molecule has 8 heteroatoms. The van der Waals surface area contributed by atoms with Crippen molar-refractivity contribution in [1.82, 2.24) is 15.0 Å². The molecule has 3 aromatic heterocycles. The van der Waals surface area contributed by atoms with E-state index in [-0.39, 0.29) is 10.8 Å². The van der Waals surface area contributed by atoms with Crippen molar-refractivity contribution in [3.8, 4) is 23.2 Å². The lowest BCUT2D eigenvalue weighted by Gasteiger charge is -2.13. The largest absolute Gasteiger partial charge is 0.443 e. The molecule has 3 heterocycles. The molecule has 0 spiro atoms. The number of halogens is 3. The summed E-state index contributed by atoms with van der Waals surface area (Å²) in [5.41, 5.74) is 2.37. The Bertz CT molecular complexity index is 921. The van der Waals surface area contributed by atoms with Crippen molar-refractivity contribution in [3.05, 3.63) is 37.9 Å². The van der Waals surface area contributed by atoms with Crippen LogP contribution in [0, 0.1) is 0 Å². The van der Waals surface area contributed by atoms with Crippen LogP contribution in [0.1, 0.15) is 52.9 Å². The van der Waals surface area contributed by atoms with E-state index in [9.17, 15) is 0 Å². The van der Waals surface area contributed by atoms with E-state index in [4.69, 9.17) is 20.4 Å². The van der Waals surface area contributed by atoms with Crippen LogP contribution < -0.4 is 0 Å². The third-order valence-electron chi connectivity index (χ3n) is 3.98. The smallest absolute Gasteiger partial charge is 0.246 e. The van der Waals surface area contributed by atoms with E-state index in [1.165, 1.54) is 0 Å². The number of oxazole rings is 2. The maximum absolute atomic E-state index is 6.51. The molecular weight excluding hydrogens is 497 g/mol. The molecule has 3 aromatic rings. The lowest BCUT2D eigenvalue weighted by atomic mass is 9.93. The van der Waals surface area contributed by atoms with Crippen LogP contribution in [0.25, 0.3) is 23.2 Å². The minimum atomic E-state index is -0.139. The summed E-state index contributed by atoms with van der Waals surface area (Å²) in [6.45, 7) is 12.4. The monoisotopic (exact) mass is 515 g/mol. The van der Waals surface area contributed by atoms with Gasteiger partial charge >= 0.3 is 0 Å². The molecule has 144 valence electrons. The fraction of sp³-hybridized carbons (Fsp3) is 0.421. The Kier molecular flexibility index (Phi) is 5.34. The van der Waals surface area contributed by atoms with Gasteiger partial charge in [0.15, 0.2) is 0 Å². The van der Waals surface area contributed by atoms with Gasteiger partial charge in [0.25, 0.3) is 0 Å². The summed E-state index contributed by atoms with van der Waals surface area (Å²) in [5, 5.41) is 0.445. The van der Waals surface area contributed by atoms with Crippen molar-refractivity contribution in [2.45, 2.75) is 52.4 Å². The summed E-state index contributed by atoms with van der Waals surface area (Å²) in [7, 11) is 0. The highest BCUT2D eigenvalue weighted by atomic mass is 79.9. The van der Waals surface area contributed by atoms with E-state index in [2.05, 4.69) is 88.4 Å². The Labute approximate surface area is 180 Å². The second-order valence-corrected chi connectivity index (χ2v) is 10.3. The van der Waals surface area contributed by atoms with Gasteiger partial charge in [-0.05, 0) is 31.9 Å². The first-order valence-electron chi connectivity index (χ1n) is 8.37. The lowest BCUT2D eigenvalue weighted by Crippen LogP contribution is -2.11. The average molecular weight is 518 g/mol. The summed E-state index contributed by atoms with van der Waals surface area (Å²) in [6, 6.07) is 0. The van der Waals surface area contributed by atoms with Gasteiger partial charge in [0.1, 0.15) is 23.9 Å². The summed E-state index contributed by atoms with van der Waals surface area (Å²) in [5.74, 6) is 0.759. The Morgan fingerprint density at radius 2 is 1.11 bits per heavy atom. The summed E-state index contributed by atoms with van der Waals surface area (Å²) in [6.07, 6.45) is 3.28. The number of nitrogens with zero attached hydrogens (tertiary/aromatic N) is 3. The van der Waals surface area contributed by atoms with E-state index >= 15 is 0 Å². The molecule has 27 heavy (non-hydrogen) atoms. The molecule has 0 aliphatic carbocycles. The Morgan fingerprint density at radius 3 is 1.41 bits per heavy atom. The molecule has 0 saturated heterocycles. The molecule has 0 amide bonds. The first kappa shape index (κ1) is 20.6. The van der Waals surface area contributed by atoms with Crippen molar-refractivity contribution >= 4 is 43.5 Å². The normalized spacial score (nSPS) is 12.6. The van der Waals surface area contributed by atoms with Gasteiger partial charge < -0.3 is 8.83 Å². The van der Waals surface area contributed by atoms with Crippen LogP contribution >= 0.6 is 43.5 Å². The van der Waals surface area contributed by atoms with Crippen molar-refractivity contribution in [2.75, 3.05) is 0 Å². The van der Waals surface area contributed by atoms with Gasteiger partial charge in [-0.1, -0.05) is 53.1 Å².